The number of rotatable bonds is 13. The molecule has 2 aliphatic rings. The summed E-state index contributed by atoms with van der Waals surface area (Å²) in [4.78, 5) is 52.9. The highest BCUT2D eigenvalue weighted by atomic mass is 16.5. The second kappa shape index (κ2) is 15.9. The summed E-state index contributed by atoms with van der Waals surface area (Å²) in [5, 5.41) is 3.57. The maximum Gasteiger partial charge on any atom is 0.269 e. The molecule has 1 saturated heterocycles. The van der Waals surface area contributed by atoms with E-state index in [-0.39, 0.29) is 11.8 Å². The molecule has 266 valence electrons. The van der Waals surface area contributed by atoms with Crippen molar-refractivity contribution in [3.63, 3.8) is 0 Å². The fourth-order valence-electron chi connectivity index (χ4n) is 6.43. The number of fused-ring (bicyclic) bond motifs is 2. The Morgan fingerprint density at radius 2 is 1.69 bits per heavy atom. The highest BCUT2D eigenvalue weighted by Gasteiger charge is 2.37. The molecule has 0 radical (unpaired) electrons. The zero-order valence-electron chi connectivity index (χ0n) is 28.7. The second-order valence-electron chi connectivity index (χ2n) is 12.4. The average Bonchev–Trinajstić information content (AvgIpc) is 3.51. The molecule has 0 spiro atoms. The first kappa shape index (κ1) is 34.4. The van der Waals surface area contributed by atoms with Crippen LogP contribution in [0.1, 0.15) is 44.3 Å². The van der Waals surface area contributed by atoms with Gasteiger partial charge in [-0.25, -0.2) is 9.97 Å². The number of methoxy groups -OCH3 is 1. The molecular weight excluding hydrogens is 662 g/mol. The molecule has 2 aliphatic heterocycles. The summed E-state index contributed by atoms with van der Waals surface area (Å²) in [6.45, 7) is 5.09. The van der Waals surface area contributed by atoms with Crippen molar-refractivity contribution in [3.05, 3.63) is 120 Å². The number of amides is 3. The normalized spacial score (nSPS) is 14.8. The molecule has 5 aromatic rings. The van der Waals surface area contributed by atoms with Crippen LogP contribution in [0, 0.1) is 0 Å². The molecule has 13 nitrogen and oxygen atoms in total. The summed E-state index contributed by atoms with van der Waals surface area (Å²) in [6, 6.07) is 25.8. The number of hydrogen-bond donors (Lipinski definition) is 3. The van der Waals surface area contributed by atoms with Crippen molar-refractivity contribution >= 4 is 40.1 Å². The van der Waals surface area contributed by atoms with E-state index in [9.17, 15) is 14.4 Å². The maximum atomic E-state index is 13.8. The van der Waals surface area contributed by atoms with Crippen LogP contribution in [0.25, 0.3) is 10.9 Å². The minimum absolute atomic E-state index is 0.196. The van der Waals surface area contributed by atoms with Crippen molar-refractivity contribution in [2.45, 2.75) is 19.0 Å². The molecule has 1 fully saturated rings. The van der Waals surface area contributed by atoms with Crippen molar-refractivity contribution in [1.29, 1.82) is 0 Å². The van der Waals surface area contributed by atoms with Gasteiger partial charge in [-0.2, -0.15) is 0 Å². The Morgan fingerprint density at radius 1 is 0.923 bits per heavy atom. The Hall–Kier alpha value is -6.05. The quantitative estimate of drug-likeness (QED) is 0.115. The van der Waals surface area contributed by atoms with Gasteiger partial charge >= 0.3 is 0 Å². The molecule has 13 heteroatoms. The van der Waals surface area contributed by atoms with Crippen molar-refractivity contribution < 1.29 is 28.6 Å². The monoisotopic (exact) mass is 701 g/mol. The van der Waals surface area contributed by atoms with E-state index in [0.29, 0.717) is 63.7 Å². The van der Waals surface area contributed by atoms with Crippen LogP contribution in [-0.4, -0.2) is 84.1 Å². The van der Waals surface area contributed by atoms with Gasteiger partial charge in [0, 0.05) is 54.4 Å². The molecule has 3 amide bonds. The van der Waals surface area contributed by atoms with Crippen LogP contribution < -0.4 is 25.6 Å². The van der Waals surface area contributed by atoms with E-state index < -0.39 is 11.9 Å². The predicted molar refractivity (Wildman–Crippen MR) is 195 cm³/mol. The SMILES string of the molecule is COc1cc2ncnc(NNC(=O)c3ccc(NC(=O)C(c4ccccc4)N4Cc5ccccc5C4=O)cc3)c2cc1OCCCN1CCOCC1. The molecule has 0 saturated carbocycles. The topological polar surface area (TPSA) is 147 Å². The van der Waals surface area contributed by atoms with E-state index in [1.807, 2.05) is 48.5 Å². The highest BCUT2D eigenvalue weighted by molar-refractivity contribution is 6.04. The van der Waals surface area contributed by atoms with Gasteiger partial charge in [0.25, 0.3) is 17.7 Å². The molecule has 52 heavy (non-hydrogen) atoms. The first-order valence-corrected chi connectivity index (χ1v) is 17.2. The largest absolute Gasteiger partial charge is 0.493 e. The number of nitrogens with one attached hydrogen (secondary N) is 3. The molecule has 1 atom stereocenters. The number of anilines is 2. The Labute approximate surface area is 300 Å². The van der Waals surface area contributed by atoms with Crippen LogP contribution in [0.2, 0.25) is 0 Å². The van der Waals surface area contributed by atoms with Crippen LogP contribution in [0.3, 0.4) is 0 Å². The standard InChI is InChI=1S/C39H39N7O6/c1-50-33-23-32-31(22-34(33)52-19-7-16-45-17-20-51-21-18-45)36(41-25-40-32)43-44-37(47)27-12-14-29(15-13-27)42-38(48)35(26-8-3-2-4-9-26)46-24-28-10-5-6-11-30(28)39(46)49/h2-6,8-15,22-23,25,35H,7,16-21,24H2,1H3,(H,42,48)(H,44,47)(H,40,41,43). The molecule has 7 rings (SSSR count). The van der Waals surface area contributed by atoms with Gasteiger partial charge < -0.3 is 24.4 Å². The summed E-state index contributed by atoms with van der Waals surface area (Å²) in [7, 11) is 1.58. The fraction of sp³-hybridized carbons (Fsp3) is 0.256. The lowest BCUT2D eigenvalue weighted by atomic mass is 10.0. The van der Waals surface area contributed by atoms with Crippen molar-refractivity contribution in [2.24, 2.45) is 0 Å². The Bertz CT molecular complexity index is 2050. The van der Waals surface area contributed by atoms with Crippen molar-refractivity contribution in [1.82, 2.24) is 25.2 Å². The Kier molecular flexibility index (Phi) is 10.5. The smallest absolute Gasteiger partial charge is 0.269 e. The van der Waals surface area contributed by atoms with E-state index in [1.165, 1.54) is 6.33 Å². The van der Waals surface area contributed by atoms with Crippen molar-refractivity contribution in [3.8, 4) is 11.5 Å². The van der Waals surface area contributed by atoms with Gasteiger partial charge in [-0.05, 0) is 53.9 Å². The fourth-order valence-corrected chi connectivity index (χ4v) is 6.43. The molecule has 0 aliphatic carbocycles. The molecule has 0 bridgehead atoms. The number of aromatic nitrogens is 2. The van der Waals surface area contributed by atoms with E-state index in [2.05, 4.69) is 31.0 Å². The number of hydrazine groups is 1. The summed E-state index contributed by atoms with van der Waals surface area (Å²) >= 11 is 0. The molecule has 1 unspecified atom stereocenters. The number of hydrogen-bond acceptors (Lipinski definition) is 10. The van der Waals surface area contributed by atoms with Crippen LogP contribution in [0.5, 0.6) is 11.5 Å². The maximum absolute atomic E-state index is 13.8. The zero-order valence-corrected chi connectivity index (χ0v) is 28.7. The van der Waals surface area contributed by atoms with Gasteiger partial charge in [-0.3, -0.25) is 30.1 Å². The minimum Gasteiger partial charge on any atom is -0.493 e. The summed E-state index contributed by atoms with van der Waals surface area (Å²) in [6.07, 6.45) is 2.24. The lowest BCUT2D eigenvalue weighted by molar-refractivity contribution is -0.120. The van der Waals surface area contributed by atoms with E-state index in [0.717, 1.165) is 44.8 Å². The molecule has 1 aromatic heterocycles. The third kappa shape index (κ3) is 7.65. The number of carbonyl (C=O) groups is 3. The van der Waals surface area contributed by atoms with Crippen LogP contribution >= 0.6 is 0 Å². The van der Waals surface area contributed by atoms with E-state index in [4.69, 9.17) is 14.2 Å². The number of nitrogens with zero attached hydrogens (tertiary/aromatic N) is 4. The van der Waals surface area contributed by atoms with Gasteiger partial charge in [-0.1, -0.05) is 48.5 Å². The molecule has 4 aromatic carbocycles. The first-order valence-electron chi connectivity index (χ1n) is 17.2. The van der Waals surface area contributed by atoms with Crippen LogP contribution in [-0.2, 0) is 16.1 Å². The summed E-state index contributed by atoms with van der Waals surface area (Å²) in [5.41, 5.74) is 9.21. The summed E-state index contributed by atoms with van der Waals surface area (Å²) in [5.74, 6) is 0.504. The van der Waals surface area contributed by atoms with E-state index >= 15 is 0 Å². The first-order chi connectivity index (χ1) is 25.5. The van der Waals surface area contributed by atoms with Crippen LogP contribution in [0.4, 0.5) is 11.5 Å². The number of carbonyl (C=O) groups excluding carboxylic acids is 3. The van der Waals surface area contributed by atoms with Gasteiger partial charge in [0.15, 0.2) is 17.3 Å². The summed E-state index contributed by atoms with van der Waals surface area (Å²) < 4.78 is 17.1. The highest BCUT2D eigenvalue weighted by Crippen LogP contribution is 2.35. The Balaban J connectivity index is 0.991. The van der Waals surface area contributed by atoms with Gasteiger partial charge in [-0.15, -0.1) is 0 Å². The Morgan fingerprint density at radius 3 is 2.46 bits per heavy atom. The van der Waals surface area contributed by atoms with Crippen molar-refractivity contribution in [2.75, 3.05) is 57.3 Å². The third-order valence-corrected chi connectivity index (χ3v) is 9.13. The van der Waals surface area contributed by atoms with Gasteiger partial charge in [0.2, 0.25) is 0 Å². The van der Waals surface area contributed by atoms with Crippen LogP contribution in [0.15, 0.2) is 97.3 Å². The molecular formula is C39H39N7O6. The third-order valence-electron chi connectivity index (χ3n) is 9.13. The minimum atomic E-state index is -0.850. The lowest BCUT2D eigenvalue weighted by Crippen LogP contribution is -2.37. The molecule has 3 heterocycles. The second-order valence-corrected chi connectivity index (χ2v) is 12.4. The molecule has 3 N–H and O–H groups in total. The van der Waals surface area contributed by atoms with Gasteiger partial charge in [0.05, 0.1) is 32.4 Å². The lowest BCUT2D eigenvalue weighted by Gasteiger charge is -2.27. The number of ether oxygens (including phenoxy) is 3. The number of morpholine rings is 1. The average molecular weight is 702 g/mol. The van der Waals surface area contributed by atoms with E-state index in [1.54, 1.807) is 54.5 Å². The zero-order chi connectivity index (χ0) is 35.9. The predicted octanol–water partition coefficient (Wildman–Crippen LogP) is 4.83. The number of benzene rings is 4. The van der Waals surface area contributed by atoms with Gasteiger partial charge in [0.1, 0.15) is 12.4 Å².